The maximum Gasteiger partial charge on any atom is 0.255 e. The van der Waals surface area contributed by atoms with Crippen LogP contribution < -0.4 is 19.2 Å². The molecule has 12 heteroatoms. The van der Waals surface area contributed by atoms with Gasteiger partial charge in [-0.3, -0.25) is 9.59 Å². The van der Waals surface area contributed by atoms with Crippen LogP contribution in [0.2, 0.25) is 0 Å². The average molecular weight is 729 g/mol. The van der Waals surface area contributed by atoms with Crippen LogP contribution in [-0.2, 0) is 35.6 Å². The van der Waals surface area contributed by atoms with Gasteiger partial charge >= 0.3 is 0 Å². The maximum atomic E-state index is 13.9. The first kappa shape index (κ1) is 36.3. The molecule has 4 aromatic carbocycles. The Bertz CT molecular complexity index is 2080. The number of carbonyl (C=O) groups is 2. The van der Waals surface area contributed by atoms with Crippen LogP contribution in [-0.4, -0.2) is 59.1 Å². The van der Waals surface area contributed by atoms with E-state index in [0.717, 1.165) is 11.1 Å². The quantitative estimate of drug-likeness (QED) is 0.191. The number of nitrogens with zero attached hydrogens (tertiary/aromatic N) is 2. The average Bonchev–Trinajstić information content (AvgIpc) is 3.45. The van der Waals surface area contributed by atoms with E-state index in [1.54, 1.807) is 51.5 Å². The van der Waals surface area contributed by atoms with Gasteiger partial charge in [0.15, 0.2) is 0 Å². The smallest absolute Gasteiger partial charge is 0.255 e. The van der Waals surface area contributed by atoms with Gasteiger partial charge < -0.3 is 24.2 Å². The third kappa shape index (κ3) is 7.89. The molecule has 0 fully saturated rings. The SMILES string of the molecule is CNC(=O)c1c(-c2ccc(F)cc2)oc2cc3c(cc12)-c1cc(C(=O)NC(C)(C)C)cc(c1)N([S+](C)[O-])CCc1ccc(cc1)CCN3[S+](C)[O-]. The van der Waals surface area contributed by atoms with Crippen molar-refractivity contribution < 1.29 is 27.5 Å². The van der Waals surface area contributed by atoms with Gasteiger partial charge in [0.2, 0.25) is 0 Å². The molecule has 51 heavy (non-hydrogen) atoms. The Morgan fingerprint density at radius 2 is 1.41 bits per heavy atom. The number of halogens is 1. The molecule has 2 amide bonds. The van der Waals surface area contributed by atoms with Crippen LogP contribution in [0.3, 0.4) is 0 Å². The molecule has 2 N–H and O–H groups in total. The summed E-state index contributed by atoms with van der Waals surface area (Å²) >= 11 is -2.96. The highest BCUT2D eigenvalue weighted by Gasteiger charge is 2.29. The van der Waals surface area contributed by atoms with Gasteiger partial charge in [-0.15, -0.1) is 0 Å². The molecule has 0 saturated carbocycles. The molecule has 2 aliphatic rings. The van der Waals surface area contributed by atoms with E-state index in [9.17, 15) is 23.1 Å². The number of amides is 2. The van der Waals surface area contributed by atoms with Crippen molar-refractivity contribution >= 4 is 56.9 Å². The minimum atomic E-state index is -1.51. The van der Waals surface area contributed by atoms with E-state index >= 15 is 0 Å². The lowest BCUT2D eigenvalue weighted by Crippen LogP contribution is -2.40. The number of furan rings is 1. The van der Waals surface area contributed by atoms with Crippen molar-refractivity contribution in [3.8, 4) is 22.5 Å². The Balaban J connectivity index is 1.68. The van der Waals surface area contributed by atoms with Gasteiger partial charge in [0, 0.05) is 40.7 Å². The summed E-state index contributed by atoms with van der Waals surface area (Å²) in [5.74, 6) is -0.891. The van der Waals surface area contributed by atoms with E-state index in [-0.39, 0.29) is 17.2 Å². The van der Waals surface area contributed by atoms with E-state index in [1.807, 2.05) is 32.9 Å². The van der Waals surface area contributed by atoms with Gasteiger partial charge in [-0.05, 0) is 98.8 Å². The maximum absolute atomic E-state index is 13.9. The van der Waals surface area contributed by atoms with Crippen LogP contribution >= 0.6 is 0 Å². The lowest BCUT2D eigenvalue weighted by atomic mass is 9.96. The van der Waals surface area contributed by atoms with Crippen LogP contribution in [0.25, 0.3) is 33.4 Å². The van der Waals surface area contributed by atoms with Crippen molar-refractivity contribution in [2.75, 3.05) is 41.3 Å². The molecule has 266 valence electrons. The second-order valence-corrected chi connectivity index (χ2v) is 16.2. The number of carbonyl (C=O) groups excluding carboxylic acids is 2. The fourth-order valence-corrected chi connectivity index (χ4v) is 7.83. The Labute approximate surface area is 303 Å². The van der Waals surface area contributed by atoms with Crippen molar-refractivity contribution in [1.82, 2.24) is 10.6 Å². The topological polar surface area (TPSA) is 124 Å². The summed E-state index contributed by atoms with van der Waals surface area (Å²) in [5.41, 5.74) is 5.38. The number of rotatable bonds is 5. The lowest BCUT2D eigenvalue weighted by Gasteiger charge is -2.28. The van der Waals surface area contributed by atoms with Gasteiger partial charge in [-0.25, -0.2) is 4.39 Å². The highest BCUT2D eigenvalue weighted by Crippen LogP contribution is 2.43. The molecule has 3 heterocycles. The summed E-state index contributed by atoms with van der Waals surface area (Å²) in [6.07, 6.45) is 4.42. The predicted molar refractivity (Wildman–Crippen MR) is 204 cm³/mol. The molecule has 2 aliphatic heterocycles. The first-order chi connectivity index (χ1) is 24.2. The van der Waals surface area contributed by atoms with Crippen LogP contribution in [0.15, 0.2) is 83.3 Å². The number of hydrogen-bond acceptors (Lipinski definition) is 7. The zero-order valence-corrected chi connectivity index (χ0v) is 31.1. The van der Waals surface area contributed by atoms with Crippen molar-refractivity contribution in [3.05, 3.63) is 107 Å². The zero-order chi connectivity index (χ0) is 36.6. The van der Waals surface area contributed by atoms with Crippen LogP contribution in [0.1, 0.15) is 52.6 Å². The van der Waals surface area contributed by atoms with E-state index < -0.39 is 40.0 Å². The van der Waals surface area contributed by atoms with Crippen LogP contribution in [0.5, 0.6) is 0 Å². The summed E-state index contributed by atoms with van der Waals surface area (Å²) in [5, 5.41) is 6.22. The van der Waals surface area contributed by atoms with Gasteiger partial charge in [0.25, 0.3) is 11.8 Å². The highest BCUT2D eigenvalue weighted by atomic mass is 32.2. The third-order valence-electron chi connectivity index (χ3n) is 8.75. The molecular weight excluding hydrogens is 688 g/mol. The minimum absolute atomic E-state index is 0.250. The van der Waals surface area contributed by atoms with Gasteiger partial charge in [0.05, 0.1) is 52.8 Å². The van der Waals surface area contributed by atoms with Gasteiger partial charge in [-0.2, -0.15) is 8.61 Å². The summed E-state index contributed by atoms with van der Waals surface area (Å²) in [6, 6.07) is 22.9. The molecule has 2 atom stereocenters. The molecule has 5 aromatic rings. The minimum Gasteiger partial charge on any atom is -0.593 e. The first-order valence-corrected chi connectivity index (χ1v) is 19.6. The second-order valence-electron chi connectivity index (χ2n) is 13.6. The number of anilines is 2. The number of fused-ring (bicyclic) bond motifs is 7. The third-order valence-corrected chi connectivity index (χ3v) is 10.8. The van der Waals surface area contributed by atoms with Crippen LogP contribution in [0, 0.1) is 5.82 Å². The molecule has 0 spiro atoms. The fraction of sp³-hybridized carbons (Fsp3) is 0.282. The molecule has 0 radical (unpaired) electrons. The number of nitrogens with one attached hydrogen (secondary N) is 2. The molecule has 2 unspecified atom stereocenters. The standard InChI is InChI=1S/C39H41FN4O5S2/c1-39(2,3)42-37(45)28-19-27-20-30(21-28)43(50(5)47)17-15-24-7-9-25(10-8-24)16-18-44(51(6)48)33-23-34-32(22-31(27)33)35(38(46)41-4)36(49-34)26-11-13-29(40)14-12-26/h7-14,19-23H,15-18H2,1-6H3,(H,41,46)(H,42,45). The fourth-order valence-electron chi connectivity index (χ4n) is 6.31. The van der Waals surface area contributed by atoms with E-state index in [0.29, 0.717) is 70.5 Å². The highest BCUT2D eigenvalue weighted by molar-refractivity contribution is 7.92. The Morgan fingerprint density at radius 1 is 0.804 bits per heavy atom. The van der Waals surface area contributed by atoms with E-state index in [2.05, 4.69) is 34.9 Å². The zero-order valence-electron chi connectivity index (χ0n) is 29.5. The monoisotopic (exact) mass is 728 g/mol. The van der Waals surface area contributed by atoms with Crippen molar-refractivity contribution in [1.29, 1.82) is 0 Å². The Morgan fingerprint density at radius 3 is 1.98 bits per heavy atom. The molecule has 1 aromatic heterocycles. The number of benzene rings is 4. The predicted octanol–water partition coefficient (Wildman–Crippen LogP) is 6.79. The summed E-state index contributed by atoms with van der Waals surface area (Å²) in [4.78, 5) is 27.3. The van der Waals surface area contributed by atoms with E-state index in [4.69, 9.17) is 4.42 Å². The molecular formula is C39H41FN4O5S2. The van der Waals surface area contributed by atoms with Crippen molar-refractivity contribution in [2.24, 2.45) is 0 Å². The second kappa shape index (κ2) is 14.6. The molecule has 0 saturated heterocycles. The van der Waals surface area contributed by atoms with E-state index in [1.165, 1.54) is 19.2 Å². The van der Waals surface area contributed by atoms with Crippen LogP contribution in [0.4, 0.5) is 15.8 Å². The number of hydrogen-bond donors (Lipinski definition) is 2. The Kier molecular flexibility index (Phi) is 10.4. The Hall–Kier alpha value is -4.49. The molecule has 9 nitrogen and oxygen atoms in total. The van der Waals surface area contributed by atoms with Crippen molar-refractivity contribution in [3.63, 3.8) is 0 Å². The largest absolute Gasteiger partial charge is 0.593 e. The molecule has 4 bridgehead atoms. The van der Waals surface area contributed by atoms with Gasteiger partial charge in [0.1, 0.15) is 29.7 Å². The molecule has 7 rings (SSSR count). The summed E-state index contributed by atoms with van der Waals surface area (Å²) in [7, 11) is 1.52. The molecule has 0 aliphatic carbocycles. The summed E-state index contributed by atoms with van der Waals surface area (Å²) in [6.45, 7) is 6.50. The van der Waals surface area contributed by atoms with Crippen molar-refractivity contribution in [2.45, 2.75) is 39.2 Å². The summed E-state index contributed by atoms with van der Waals surface area (Å²) < 4.78 is 50.8. The first-order valence-electron chi connectivity index (χ1n) is 16.6. The lowest BCUT2D eigenvalue weighted by molar-refractivity contribution is 0.0918. The van der Waals surface area contributed by atoms with Gasteiger partial charge in [-0.1, -0.05) is 24.3 Å². The normalized spacial score (nSPS) is 14.8.